The molecule has 0 aromatic heterocycles. The van der Waals surface area contributed by atoms with E-state index in [1.807, 2.05) is 38.1 Å². The summed E-state index contributed by atoms with van der Waals surface area (Å²) in [5.41, 5.74) is 5.08. The van der Waals surface area contributed by atoms with Gasteiger partial charge in [0, 0.05) is 16.4 Å². The Morgan fingerprint density at radius 2 is 1.81 bits per heavy atom. The fourth-order valence-electron chi connectivity index (χ4n) is 2.08. The molecule has 0 atom stereocenters. The van der Waals surface area contributed by atoms with E-state index in [-0.39, 0.29) is 12.5 Å². The van der Waals surface area contributed by atoms with Crippen LogP contribution in [-0.2, 0) is 4.79 Å². The maximum atomic E-state index is 12.0. The van der Waals surface area contributed by atoms with E-state index in [4.69, 9.17) is 11.6 Å². The van der Waals surface area contributed by atoms with Crippen molar-refractivity contribution in [3.8, 4) is 0 Å². The van der Waals surface area contributed by atoms with Gasteiger partial charge in [0.25, 0.3) is 0 Å². The molecule has 2 rings (SSSR count). The largest absolute Gasteiger partial charge is 0.376 e. The van der Waals surface area contributed by atoms with Crippen molar-refractivity contribution < 1.29 is 4.79 Å². The van der Waals surface area contributed by atoms with Gasteiger partial charge in [0.2, 0.25) is 5.91 Å². The summed E-state index contributed by atoms with van der Waals surface area (Å²) in [6, 6.07) is 11.4. The molecule has 0 bridgehead atoms. The number of nitrogens with one attached hydrogen (secondary N) is 2. The lowest BCUT2D eigenvalue weighted by atomic mass is 10.1. The maximum Gasteiger partial charge on any atom is 0.243 e. The molecule has 0 saturated carbocycles. The number of amides is 1. The van der Waals surface area contributed by atoms with Crippen LogP contribution >= 0.6 is 11.6 Å². The van der Waals surface area contributed by atoms with E-state index >= 15 is 0 Å². The standard InChI is InChI=1S/C17H19ClN2O/c1-11-5-4-6-16(13(11)3)19-10-17(21)20-15-8-7-14(18)9-12(15)2/h4-9,19H,10H2,1-3H3,(H,20,21). The predicted molar refractivity (Wildman–Crippen MR) is 89.2 cm³/mol. The highest BCUT2D eigenvalue weighted by atomic mass is 35.5. The van der Waals surface area contributed by atoms with Crippen LogP contribution in [0.1, 0.15) is 16.7 Å². The summed E-state index contributed by atoms with van der Waals surface area (Å²) >= 11 is 5.90. The Bertz CT molecular complexity index is 668. The Balaban J connectivity index is 1.97. The number of hydrogen-bond donors (Lipinski definition) is 2. The molecule has 0 aliphatic heterocycles. The maximum absolute atomic E-state index is 12.0. The van der Waals surface area contributed by atoms with Crippen molar-refractivity contribution in [3.63, 3.8) is 0 Å². The minimum atomic E-state index is -0.0821. The highest BCUT2D eigenvalue weighted by molar-refractivity contribution is 6.30. The normalized spacial score (nSPS) is 10.3. The second kappa shape index (κ2) is 6.64. The molecule has 1 amide bonds. The number of benzene rings is 2. The second-order valence-electron chi connectivity index (χ2n) is 5.11. The quantitative estimate of drug-likeness (QED) is 0.883. The SMILES string of the molecule is Cc1cc(Cl)ccc1NC(=O)CNc1cccc(C)c1C. The van der Waals surface area contributed by atoms with Crippen molar-refractivity contribution in [3.05, 3.63) is 58.1 Å². The number of carbonyl (C=O) groups is 1. The summed E-state index contributed by atoms with van der Waals surface area (Å²) in [4.78, 5) is 12.0. The molecule has 0 aliphatic rings. The summed E-state index contributed by atoms with van der Waals surface area (Å²) in [7, 11) is 0. The van der Waals surface area contributed by atoms with E-state index in [1.54, 1.807) is 6.07 Å². The zero-order valence-electron chi connectivity index (χ0n) is 12.5. The van der Waals surface area contributed by atoms with Gasteiger partial charge in [-0.05, 0) is 61.7 Å². The van der Waals surface area contributed by atoms with Gasteiger partial charge >= 0.3 is 0 Å². The molecular formula is C17H19ClN2O. The van der Waals surface area contributed by atoms with Crippen molar-refractivity contribution >= 4 is 28.9 Å². The number of carbonyl (C=O) groups excluding carboxylic acids is 1. The molecule has 2 N–H and O–H groups in total. The van der Waals surface area contributed by atoms with Crippen LogP contribution in [0.15, 0.2) is 36.4 Å². The van der Waals surface area contributed by atoms with Crippen LogP contribution in [0.3, 0.4) is 0 Å². The van der Waals surface area contributed by atoms with Gasteiger partial charge < -0.3 is 10.6 Å². The van der Waals surface area contributed by atoms with E-state index in [1.165, 1.54) is 5.56 Å². The van der Waals surface area contributed by atoms with Crippen LogP contribution < -0.4 is 10.6 Å². The number of aryl methyl sites for hydroxylation is 2. The second-order valence-corrected chi connectivity index (χ2v) is 5.54. The lowest BCUT2D eigenvalue weighted by Gasteiger charge is -2.12. The van der Waals surface area contributed by atoms with Crippen LogP contribution in [0.5, 0.6) is 0 Å². The molecule has 21 heavy (non-hydrogen) atoms. The third-order valence-corrected chi connectivity index (χ3v) is 3.74. The van der Waals surface area contributed by atoms with Crippen molar-refractivity contribution in [2.75, 3.05) is 17.2 Å². The molecule has 0 spiro atoms. The zero-order valence-corrected chi connectivity index (χ0v) is 13.2. The smallest absolute Gasteiger partial charge is 0.243 e. The number of hydrogen-bond acceptors (Lipinski definition) is 2. The minimum Gasteiger partial charge on any atom is -0.376 e. The Labute approximate surface area is 130 Å². The van der Waals surface area contributed by atoms with Gasteiger partial charge in [0.05, 0.1) is 6.54 Å². The molecule has 0 heterocycles. The molecule has 4 heteroatoms. The average molecular weight is 303 g/mol. The van der Waals surface area contributed by atoms with Crippen LogP contribution in [0.25, 0.3) is 0 Å². The van der Waals surface area contributed by atoms with Gasteiger partial charge in [-0.15, -0.1) is 0 Å². The minimum absolute atomic E-state index is 0.0821. The fourth-order valence-corrected chi connectivity index (χ4v) is 2.31. The summed E-state index contributed by atoms with van der Waals surface area (Å²) in [6.07, 6.45) is 0. The summed E-state index contributed by atoms with van der Waals surface area (Å²) in [5.74, 6) is -0.0821. The van der Waals surface area contributed by atoms with Gasteiger partial charge in [-0.3, -0.25) is 4.79 Å². The molecule has 0 aliphatic carbocycles. The van der Waals surface area contributed by atoms with Crippen LogP contribution in [-0.4, -0.2) is 12.5 Å². The van der Waals surface area contributed by atoms with Crippen molar-refractivity contribution in [2.45, 2.75) is 20.8 Å². The molecular weight excluding hydrogens is 284 g/mol. The lowest BCUT2D eigenvalue weighted by molar-refractivity contribution is -0.114. The van der Waals surface area contributed by atoms with E-state index in [0.717, 1.165) is 22.5 Å². The number of anilines is 2. The molecule has 0 unspecified atom stereocenters. The molecule has 0 fully saturated rings. The first-order valence-electron chi connectivity index (χ1n) is 6.83. The van der Waals surface area contributed by atoms with E-state index in [2.05, 4.69) is 23.6 Å². The first-order valence-corrected chi connectivity index (χ1v) is 7.21. The molecule has 2 aromatic rings. The van der Waals surface area contributed by atoms with Crippen LogP contribution in [0.4, 0.5) is 11.4 Å². The molecule has 3 nitrogen and oxygen atoms in total. The molecule has 0 saturated heterocycles. The third kappa shape index (κ3) is 3.99. The Morgan fingerprint density at radius 3 is 2.52 bits per heavy atom. The summed E-state index contributed by atoms with van der Waals surface area (Å²) in [6.45, 7) is 6.24. The zero-order chi connectivity index (χ0) is 15.4. The van der Waals surface area contributed by atoms with Gasteiger partial charge in [-0.2, -0.15) is 0 Å². The predicted octanol–water partition coefficient (Wildman–Crippen LogP) is 4.32. The topological polar surface area (TPSA) is 41.1 Å². The number of halogens is 1. The van der Waals surface area contributed by atoms with Crippen molar-refractivity contribution in [1.29, 1.82) is 0 Å². The first kappa shape index (κ1) is 15.4. The molecule has 0 radical (unpaired) electrons. The monoisotopic (exact) mass is 302 g/mol. The first-order chi connectivity index (χ1) is 9.97. The lowest BCUT2D eigenvalue weighted by Crippen LogP contribution is -2.22. The van der Waals surface area contributed by atoms with Gasteiger partial charge in [0.15, 0.2) is 0 Å². The van der Waals surface area contributed by atoms with Gasteiger partial charge in [-0.25, -0.2) is 0 Å². The average Bonchev–Trinajstić information content (AvgIpc) is 2.43. The van der Waals surface area contributed by atoms with Crippen molar-refractivity contribution in [1.82, 2.24) is 0 Å². The fraction of sp³-hybridized carbons (Fsp3) is 0.235. The van der Waals surface area contributed by atoms with E-state index < -0.39 is 0 Å². The third-order valence-electron chi connectivity index (χ3n) is 3.51. The van der Waals surface area contributed by atoms with E-state index in [9.17, 15) is 4.79 Å². The number of rotatable bonds is 4. The Kier molecular flexibility index (Phi) is 4.86. The van der Waals surface area contributed by atoms with Crippen LogP contribution in [0.2, 0.25) is 5.02 Å². The van der Waals surface area contributed by atoms with Crippen LogP contribution in [0, 0.1) is 20.8 Å². The Morgan fingerprint density at radius 1 is 1.05 bits per heavy atom. The summed E-state index contributed by atoms with van der Waals surface area (Å²) in [5, 5.41) is 6.71. The highest BCUT2D eigenvalue weighted by Gasteiger charge is 2.06. The van der Waals surface area contributed by atoms with Crippen molar-refractivity contribution in [2.24, 2.45) is 0 Å². The Hall–Kier alpha value is -2.00. The molecule has 110 valence electrons. The van der Waals surface area contributed by atoms with Gasteiger partial charge in [-0.1, -0.05) is 23.7 Å². The molecule has 2 aromatic carbocycles. The van der Waals surface area contributed by atoms with E-state index in [0.29, 0.717) is 5.02 Å². The van der Waals surface area contributed by atoms with Gasteiger partial charge in [0.1, 0.15) is 0 Å². The summed E-state index contributed by atoms with van der Waals surface area (Å²) < 4.78 is 0. The highest BCUT2D eigenvalue weighted by Crippen LogP contribution is 2.20.